The molecule has 2 amide bonds. The molecule has 3 N–H and O–H groups in total. The average Bonchev–Trinajstić information content (AvgIpc) is 1.88. The Morgan fingerprint density at radius 1 is 1.90 bits per heavy atom. The fourth-order valence-electron chi connectivity index (χ4n) is 0.440. The van der Waals surface area contributed by atoms with Crippen LogP contribution in [0.15, 0.2) is 17.3 Å². The Hall–Kier alpha value is -0.930. The van der Waals surface area contributed by atoms with Crippen LogP contribution in [0.3, 0.4) is 0 Å². The molecule has 1 aliphatic heterocycles. The summed E-state index contributed by atoms with van der Waals surface area (Å²) in [5.74, 6) is 0. The van der Waals surface area contributed by atoms with Gasteiger partial charge in [-0.2, -0.15) is 4.99 Å². The van der Waals surface area contributed by atoms with E-state index in [1.165, 1.54) is 6.26 Å². The third kappa shape index (κ3) is 2.13. The van der Waals surface area contributed by atoms with Crippen LogP contribution in [0, 0.1) is 0 Å². The molecular formula is C4H6N3O2P. The van der Waals surface area contributed by atoms with Crippen LogP contribution in [0.2, 0.25) is 0 Å². The van der Waals surface area contributed by atoms with Crippen molar-refractivity contribution in [2.75, 3.05) is 0 Å². The zero-order valence-corrected chi connectivity index (χ0v) is 6.00. The van der Waals surface area contributed by atoms with E-state index in [0.717, 1.165) is 0 Å². The van der Waals surface area contributed by atoms with Gasteiger partial charge in [0.2, 0.25) is 0 Å². The van der Waals surface area contributed by atoms with E-state index in [9.17, 15) is 4.79 Å². The van der Waals surface area contributed by atoms with Gasteiger partial charge in [-0.15, -0.1) is 5.25 Å². The molecule has 1 rings (SSSR count). The molecule has 1 heterocycles. The van der Waals surface area contributed by atoms with Crippen molar-refractivity contribution in [3.05, 3.63) is 12.3 Å². The Kier molecular flexibility index (Phi) is 2.36. The van der Waals surface area contributed by atoms with E-state index in [2.05, 4.69) is 15.1 Å². The van der Waals surface area contributed by atoms with E-state index in [-0.39, 0.29) is 8.73 Å². The molecule has 1 unspecified atom stereocenters. The quantitative estimate of drug-likeness (QED) is 0.492. The standard InChI is InChI=1S/C4H6N3O2P/c5-4(8)6-3-1-2-9-7-10-3/h1-2,7,10H,(H2,5,8). The number of rotatable bonds is 0. The third-order valence-electron chi connectivity index (χ3n) is 0.763. The number of primary amides is 1. The van der Waals surface area contributed by atoms with E-state index < -0.39 is 6.03 Å². The maximum absolute atomic E-state index is 10.2. The van der Waals surface area contributed by atoms with Gasteiger partial charge in [0.05, 0.1) is 5.45 Å². The summed E-state index contributed by atoms with van der Waals surface area (Å²) in [7, 11) is 0.176. The molecule has 0 fully saturated rings. The molecule has 6 heteroatoms. The maximum Gasteiger partial charge on any atom is 0.338 e. The van der Waals surface area contributed by atoms with E-state index in [4.69, 9.17) is 5.73 Å². The predicted octanol–water partition coefficient (Wildman–Crippen LogP) is 0.106. The molecule has 1 atom stereocenters. The second-order valence-electron chi connectivity index (χ2n) is 1.48. The Balaban J connectivity index is 2.62. The number of nitrogens with zero attached hydrogens (tertiary/aromatic N) is 1. The molecule has 0 spiro atoms. The fraction of sp³-hybridized carbons (Fsp3) is 0. The van der Waals surface area contributed by atoms with Crippen LogP contribution in [0.4, 0.5) is 4.79 Å². The topological polar surface area (TPSA) is 76.7 Å². The van der Waals surface area contributed by atoms with Gasteiger partial charge >= 0.3 is 6.03 Å². The highest BCUT2D eigenvalue weighted by Gasteiger charge is 2.00. The summed E-state index contributed by atoms with van der Waals surface area (Å²) < 4.78 is 0. The normalized spacial score (nSPS) is 23.0. The molecular weight excluding hydrogens is 153 g/mol. The zero-order valence-electron chi connectivity index (χ0n) is 5.00. The van der Waals surface area contributed by atoms with Gasteiger partial charge in [-0.3, -0.25) is 0 Å². The molecule has 54 valence electrons. The first-order chi connectivity index (χ1) is 4.79. The van der Waals surface area contributed by atoms with Crippen LogP contribution in [0.1, 0.15) is 0 Å². The molecule has 1 aliphatic rings. The second kappa shape index (κ2) is 3.29. The Morgan fingerprint density at radius 3 is 3.20 bits per heavy atom. The Bertz CT molecular complexity index is 201. The molecule has 0 aromatic rings. The predicted molar refractivity (Wildman–Crippen MR) is 38.7 cm³/mol. The lowest BCUT2D eigenvalue weighted by atomic mass is 10.7. The summed E-state index contributed by atoms with van der Waals surface area (Å²) >= 11 is 0. The average molecular weight is 159 g/mol. The minimum Gasteiger partial charge on any atom is -0.413 e. The van der Waals surface area contributed by atoms with Crippen molar-refractivity contribution in [1.29, 1.82) is 0 Å². The van der Waals surface area contributed by atoms with Crippen LogP contribution in [0.5, 0.6) is 0 Å². The summed E-state index contributed by atoms with van der Waals surface area (Å²) in [6.07, 6.45) is 2.98. The lowest BCUT2D eigenvalue weighted by Gasteiger charge is -2.06. The van der Waals surface area contributed by atoms with Gasteiger partial charge in [0.15, 0.2) is 0 Å². The maximum atomic E-state index is 10.2. The van der Waals surface area contributed by atoms with Gasteiger partial charge in [-0.25, -0.2) is 4.79 Å². The number of amides is 2. The number of allylic oxidation sites excluding steroid dienone is 1. The first-order valence-corrected chi connectivity index (χ1v) is 3.50. The van der Waals surface area contributed by atoms with Gasteiger partial charge in [-0.1, -0.05) is 0 Å². The summed E-state index contributed by atoms with van der Waals surface area (Å²) in [6, 6.07) is -0.684. The SMILES string of the molecule is NC(=O)N=C1C=CONP1. The highest BCUT2D eigenvalue weighted by molar-refractivity contribution is 7.57. The number of hydrogen-bond donors (Lipinski definition) is 2. The highest BCUT2D eigenvalue weighted by Crippen LogP contribution is 2.12. The smallest absolute Gasteiger partial charge is 0.338 e. The van der Waals surface area contributed by atoms with Gasteiger partial charge in [0.1, 0.15) is 6.26 Å². The van der Waals surface area contributed by atoms with Crippen molar-refractivity contribution in [3.8, 4) is 0 Å². The molecule has 0 aromatic heterocycles. The lowest BCUT2D eigenvalue weighted by Crippen LogP contribution is -2.11. The molecule has 10 heavy (non-hydrogen) atoms. The van der Waals surface area contributed by atoms with Crippen LogP contribution >= 0.6 is 8.73 Å². The van der Waals surface area contributed by atoms with Crippen molar-refractivity contribution < 1.29 is 9.63 Å². The van der Waals surface area contributed by atoms with Crippen molar-refractivity contribution in [2.45, 2.75) is 0 Å². The highest BCUT2D eigenvalue weighted by atomic mass is 31.1. The number of carbonyl (C=O) groups is 1. The van der Waals surface area contributed by atoms with E-state index >= 15 is 0 Å². The monoisotopic (exact) mass is 159 g/mol. The number of nitrogens with one attached hydrogen (secondary N) is 1. The van der Waals surface area contributed by atoms with E-state index in [0.29, 0.717) is 5.45 Å². The number of carbonyl (C=O) groups excluding carboxylic acids is 1. The summed E-state index contributed by atoms with van der Waals surface area (Å²) in [5.41, 5.74) is 5.39. The van der Waals surface area contributed by atoms with Crippen molar-refractivity contribution in [1.82, 2.24) is 5.25 Å². The zero-order chi connectivity index (χ0) is 7.40. The molecule has 0 aromatic carbocycles. The van der Waals surface area contributed by atoms with Crippen molar-refractivity contribution in [3.63, 3.8) is 0 Å². The molecule has 0 bridgehead atoms. The molecule has 0 radical (unpaired) electrons. The van der Waals surface area contributed by atoms with Gasteiger partial charge in [0, 0.05) is 14.8 Å². The lowest BCUT2D eigenvalue weighted by molar-refractivity contribution is 0.211. The number of aliphatic imine (C=N–C) groups is 1. The van der Waals surface area contributed by atoms with Crippen LogP contribution in [-0.4, -0.2) is 11.5 Å². The largest absolute Gasteiger partial charge is 0.413 e. The molecule has 5 nitrogen and oxygen atoms in total. The molecule has 0 aliphatic carbocycles. The third-order valence-corrected chi connectivity index (χ3v) is 1.52. The fourth-order valence-corrected chi connectivity index (χ4v) is 0.989. The first-order valence-electron chi connectivity index (χ1n) is 2.50. The number of nitrogens with two attached hydrogens (primary N) is 1. The van der Waals surface area contributed by atoms with Crippen molar-refractivity contribution in [2.24, 2.45) is 10.7 Å². The van der Waals surface area contributed by atoms with Crippen molar-refractivity contribution >= 4 is 20.2 Å². The molecule has 0 saturated carbocycles. The second-order valence-corrected chi connectivity index (χ2v) is 2.45. The number of hydrogen-bond acceptors (Lipinski definition) is 3. The van der Waals surface area contributed by atoms with Gasteiger partial charge in [-0.05, 0) is 0 Å². The van der Waals surface area contributed by atoms with Crippen LogP contribution < -0.4 is 11.0 Å². The van der Waals surface area contributed by atoms with Crippen LogP contribution in [0.25, 0.3) is 0 Å². The summed E-state index contributed by atoms with van der Waals surface area (Å²) in [4.78, 5) is 18.3. The molecule has 0 saturated heterocycles. The Labute approximate surface area is 59.1 Å². The minimum absolute atomic E-state index is 0.176. The van der Waals surface area contributed by atoms with Gasteiger partial charge in [0.25, 0.3) is 0 Å². The van der Waals surface area contributed by atoms with Crippen LogP contribution in [-0.2, 0) is 4.84 Å². The summed E-state index contributed by atoms with van der Waals surface area (Å²) in [6.45, 7) is 0. The van der Waals surface area contributed by atoms with E-state index in [1.807, 2.05) is 0 Å². The van der Waals surface area contributed by atoms with E-state index in [1.54, 1.807) is 6.08 Å². The number of urea groups is 1. The van der Waals surface area contributed by atoms with Gasteiger partial charge < -0.3 is 10.6 Å². The minimum atomic E-state index is -0.684. The Morgan fingerprint density at radius 2 is 2.70 bits per heavy atom. The summed E-state index contributed by atoms with van der Waals surface area (Å²) in [5, 5.41) is 2.54. The first kappa shape index (κ1) is 7.18.